The van der Waals surface area contributed by atoms with Crippen LogP contribution in [0.25, 0.3) is 0 Å². The first-order chi connectivity index (χ1) is 3.27. The first-order valence-electron chi connectivity index (χ1n) is 2.43. The highest BCUT2D eigenvalue weighted by atomic mass is 16.4. The van der Waals surface area contributed by atoms with Crippen LogP contribution in [0.4, 0.5) is 0 Å². The van der Waals surface area contributed by atoms with Crippen molar-refractivity contribution in [1.29, 1.82) is 0 Å². The Morgan fingerprint density at radius 1 is 1.71 bits per heavy atom. The van der Waals surface area contributed by atoms with Crippen molar-refractivity contribution >= 4 is 6.21 Å². The third-order valence-corrected chi connectivity index (χ3v) is 0.658. The minimum absolute atomic E-state index is 0.593. The van der Waals surface area contributed by atoms with Crippen LogP contribution < -0.4 is 0 Å². The second-order valence-corrected chi connectivity index (χ2v) is 1.93. The van der Waals surface area contributed by atoms with E-state index in [9.17, 15) is 0 Å². The number of hydrogen-bond acceptors (Lipinski definition) is 2. The van der Waals surface area contributed by atoms with Gasteiger partial charge in [-0.25, -0.2) is 0 Å². The minimum Gasteiger partial charge on any atom is -0.411 e. The first-order valence-corrected chi connectivity index (χ1v) is 2.43. The van der Waals surface area contributed by atoms with Gasteiger partial charge in [0.25, 0.3) is 0 Å². The maximum Gasteiger partial charge on any atom is 0.0438 e. The van der Waals surface area contributed by atoms with Crippen LogP contribution in [-0.2, 0) is 0 Å². The van der Waals surface area contributed by atoms with Crippen LogP contribution in [0.3, 0.4) is 0 Å². The van der Waals surface area contributed by atoms with Gasteiger partial charge < -0.3 is 5.21 Å². The Morgan fingerprint density at radius 2 is 2.29 bits per heavy atom. The summed E-state index contributed by atoms with van der Waals surface area (Å²) in [4.78, 5) is 0. The van der Waals surface area contributed by atoms with Gasteiger partial charge >= 0.3 is 0 Å². The smallest absolute Gasteiger partial charge is 0.0438 e. The van der Waals surface area contributed by atoms with E-state index < -0.39 is 0 Å². The molecule has 0 fully saturated rings. The summed E-state index contributed by atoms with van der Waals surface area (Å²) in [5, 5.41) is 10.7. The molecule has 0 aliphatic rings. The summed E-state index contributed by atoms with van der Waals surface area (Å²) in [6.07, 6.45) is 2.36. The average Bonchev–Trinajstić information content (AvgIpc) is 1.61. The summed E-state index contributed by atoms with van der Waals surface area (Å²) in [5.41, 5.74) is 0. The van der Waals surface area contributed by atoms with Gasteiger partial charge in [-0.15, -0.1) is 5.16 Å². The monoisotopic (exact) mass is 101 g/mol. The van der Waals surface area contributed by atoms with Crippen LogP contribution in [0.2, 0.25) is 0 Å². The van der Waals surface area contributed by atoms with Gasteiger partial charge in [0, 0.05) is 6.21 Å². The van der Waals surface area contributed by atoms with E-state index in [1.165, 1.54) is 6.21 Å². The Hall–Kier alpha value is -0.530. The van der Waals surface area contributed by atoms with Crippen molar-refractivity contribution in [2.75, 3.05) is 0 Å². The van der Waals surface area contributed by atoms with Crippen LogP contribution >= 0.6 is 0 Å². The normalized spacial score (nSPS) is 11.3. The zero-order chi connectivity index (χ0) is 5.70. The highest BCUT2D eigenvalue weighted by molar-refractivity contribution is 5.56. The largest absolute Gasteiger partial charge is 0.411 e. The molecular formula is C5H11NO. The molecule has 0 rings (SSSR count). The van der Waals surface area contributed by atoms with E-state index in [1.54, 1.807) is 0 Å². The standard InChI is InChI=1S/C5H11NO/c1-5(2)3-4-6-7/h4-5,7H,3H2,1-2H3/b6-4-. The zero-order valence-electron chi connectivity index (χ0n) is 4.76. The van der Waals surface area contributed by atoms with Gasteiger partial charge in [0.05, 0.1) is 0 Å². The van der Waals surface area contributed by atoms with E-state index in [4.69, 9.17) is 5.21 Å². The molecule has 42 valence electrons. The lowest BCUT2D eigenvalue weighted by Gasteiger charge is -1.92. The van der Waals surface area contributed by atoms with E-state index in [1.807, 2.05) is 0 Å². The third kappa shape index (κ3) is 5.47. The van der Waals surface area contributed by atoms with Gasteiger partial charge in [0.15, 0.2) is 0 Å². The van der Waals surface area contributed by atoms with E-state index in [2.05, 4.69) is 19.0 Å². The lowest BCUT2D eigenvalue weighted by Crippen LogP contribution is -1.85. The number of hydrogen-bond donors (Lipinski definition) is 1. The molecule has 0 unspecified atom stereocenters. The van der Waals surface area contributed by atoms with Crippen LogP contribution in [0.5, 0.6) is 0 Å². The summed E-state index contributed by atoms with van der Waals surface area (Å²) in [6.45, 7) is 4.14. The Morgan fingerprint density at radius 3 is 2.43 bits per heavy atom. The Balaban J connectivity index is 2.97. The second kappa shape index (κ2) is 3.65. The molecule has 0 saturated carbocycles. The van der Waals surface area contributed by atoms with Gasteiger partial charge in [0.2, 0.25) is 0 Å². The minimum atomic E-state index is 0.593. The van der Waals surface area contributed by atoms with Gasteiger partial charge in [-0.3, -0.25) is 0 Å². The topological polar surface area (TPSA) is 32.6 Å². The molecule has 0 atom stereocenters. The zero-order valence-corrected chi connectivity index (χ0v) is 4.76. The fourth-order valence-corrected chi connectivity index (χ4v) is 0.258. The SMILES string of the molecule is CC(C)C/C=N\O. The molecule has 0 aliphatic carbocycles. The number of nitrogens with zero attached hydrogens (tertiary/aromatic N) is 1. The molecule has 0 aliphatic heterocycles. The van der Waals surface area contributed by atoms with Crippen LogP contribution in [0, 0.1) is 5.92 Å². The van der Waals surface area contributed by atoms with Crippen molar-refractivity contribution in [3.05, 3.63) is 0 Å². The predicted octanol–water partition coefficient (Wildman–Crippen LogP) is 1.49. The highest BCUT2D eigenvalue weighted by Crippen LogP contribution is 1.93. The molecule has 0 bridgehead atoms. The molecule has 0 aromatic heterocycles. The summed E-state index contributed by atoms with van der Waals surface area (Å²) >= 11 is 0. The van der Waals surface area contributed by atoms with Crippen LogP contribution in [-0.4, -0.2) is 11.4 Å². The molecular weight excluding hydrogens is 90.1 g/mol. The van der Waals surface area contributed by atoms with E-state index >= 15 is 0 Å². The molecule has 0 radical (unpaired) electrons. The molecule has 0 heterocycles. The fraction of sp³-hybridized carbons (Fsp3) is 0.800. The van der Waals surface area contributed by atoms with Crippen molar-refractivity contribution in [2.24, 2.45) is 11.1 Å². The molecule has 7 heavy (non-hydrogen) atoms. The highest BCUT2D eigenvalue weighted by Gasteiger charge is 1.85. The maximum absolute atomic E-state index is 7.88. The van der Waals surface area contributed by atoms with E-state index in [0.29, 0.717) is 5.92 Å². The van der Waals surface area contributed by atoms with Gasteiger partial charge in [-0.1, -0.05) is 13.8 Å². The van der Waals surface area contributed by atoms with Gasteiger partial charge in [-0.05, 0) is 12.3 Å². The third-order valence-electron chi connectivity index (χ3n) is 0.658. The lowest BCUT2D eigenvalue weighted by atomic mass is 10.2. The lowest BCUT2D eigenvalue weighted by molar-refractivity contribution is 0.319. The molecule has 0 saturated heterocycles. The van der Waals surface area contributed by atoms with Gasteiger partial charge in [0.1, 0.15) is 0 Å². The molecule has 1 N–H and O–H groups in total. The average molecular weight is 101 g/mol. The molecule has 2 nitrogen and oxygen atoms in total. The van der Waals surface area contributed by atoms with Crippen molar-refractivity contribution in [2.45, 2.75) is 20.3 Å². The number of oxime groups is 1. The molecule has 0 aromatic carbocycles. The van der Waals surface area contributed by atoms with Crippen molar-refractivity contribution in [1.82, 2.24) is 0 Å². The van der Waals surface area contributed by atoms with Gasteiger partial charge in [-0.2, -0.15) is 0 Å². The number of rotatable bonds is 2. The van der Waals surface area contributed by atoms with Crippen molar-refractivity contribution in [3.63, 3.8) is 0 Å². The predicted molar refractivity (Wildman–Crippen MR) is 29.7 cm³/mol. The van der Waals surface area contributed by atoms with Crippen LogP contribution in [0.15, 0.2) is 5.16 Å². The summed E-state index contributed by atoms with van der Waals surface area (Å²) in [7, 11) is 0. The molecule has 0 amide bonds. The first kappa shape index (κ1) is 6.47. The van der Waals surface area contributed by atoms with E-state index in [0.717, 1.165) is 6.42 Å². The van der Waals surface area contributed by atoms with Crippen molar-refractivity contribution in [3.8, 4) is 0 Å². The molecule has 0 spiro atoms. The molecule has 2 heteroatoms. The van der Waals surface area contributed by atoms with Crippen molar-refractivity contribution < 1.29 is 5.21 Å². The molecule has 0 aromatic rings. The summed E-state index contributed by atoms with van der Waals surface area (Å²) in [5.74, 6) is 0.593. The Bertz CT molecular complexity index is 59.1. The quantitative estimate of drug-likeness (QED) is 0.319. The van der Waals surface area contributed by atoms with E-state index in [-0.39, 0.29) is 0 Å². The summed E-state index contributed by atoms with van der Waals surface area (Å²) in [6, 6.07) is 0. The Kier molecular flexibility index (Phi) is 3.38. The Labute approximate surface area is 43.8 Å². The second-order valence-electron chi connectivity index (χ2n) is 1.93. The van der Waals surface area contributed by atoms with Crippen LogP contribution in [0.1, 0.15) is 20.3 Å². The fourth-order valence-electron chi connectivity index (χ4n) is 0.258. The summed E-state index contributed by atoms with van der Waals surface area (Å²) < 4.78 is 0. The maximum atomic E-state index is 7.88.